The van der Waals surface area contributed by atoms with E-state index < -0.39 is 10.9 Å². The van der Waals surface area contributed by atoms with Crippen molar-refractivity contribution in [3.05, 3.63) is 27.8 Å². The Bertz CT molecular complexity index is 570. The van der Waals surface area contributed by atoms with E-state index in [0.29, 0.717) is 11.3 Å². The van der Waals surface area contributed by atoms with Crippen molar-refractivity contribution in [1.82, 2.24) is 0 Å². The molecule has 1 aliphatic heterocycles. The highest BCUT2D eigenvalue weighted by atomic mass is 16.6. The van der Waals surface area contributed by atoms with E-state index in [-0.39, 0.29) is 36.7 Å². The van der Waals surface area contributed by atoms with Gasteiger partial charge in [0.2, 0.25) is 5.91 Å². The lowest BCUT2D eigenvalue weighted by Crippen LogP contribution is -2.09. The number of hydrogen-bond acceptors (Lipinski definition) is 5. The Kier molecular flexibility index (Phi) is 3.32. The lowest BCUT2D eigenvalue weighted by atomic mass is 10.1. The summed E-state index contributed by atoms with van der Waals surface area (Å²) in [5.74, 6) is -1.21. The minimum Gasteiger partial charge on any atom is -0.481 e. The normalized spacial score (nSPS) is 12.7. The van der Waals surface area contributed by atoms with Crippen molar-refractivity contribution in [3.63, 3.8) is 0 Å². The molecule has 8 nitrogen and oxygen atoms in total. The lowest BCUT2D eigenvalue weighted by molar-refractivity contribution is -0.384. The molecule has 2 rings (SSSR count). The van der Waals surface area contributed by atoms with Gasteiger partial charge in [-0.1, -0.05) is 0 Å². The van der Waals surface area contributed by atoms with E-state index in [4.69, 9.17) is 5.11 Å². The van der Waals surface area contributed by atoms with Crippen LogP contribution in [0.4, 0.5) is 17.1 Å². The van der Waals surface area contributed by atoms with Crippen molar-refractivity contribution < 1.29 is 19.6 Å². The Labute approximate surface area is 107 Å². The summed E-state index contributed by atoms with van der Waals surface area (Å²) in [6, 6.07) is 2.79. The minimum atomic E-state index is -0.996. The summed E-state index contributed by atoms with van der Waals surface area (Å²) >= 11 is 0. The molecule has 0 unspecified atom stereocenters. The molecule has 0 saturated carbocycles. The Morgan fingerprint density at radius 1 is 1.53 bits per heavy atom. The number of aliphatic carboxylic acids is 1. The molecular formula is C11H11N3O5. The second-order valence-electron chi connectivity index (χ2n) is 4.08. The van der Waals surface area contributed by atoms with Gasteiger partial charge in [0.15, 0.2) is 0 Å². The molecule has 1 amide bonds. The summed E-state index contributed by atoms with van der Waals surface area (Å²) in [6.07, 6.45) is -0.0355. The van der Waals surface area contributed by atoms with Crippen molar-refractivity contribution >= 4 is 28.9 Å². The summed E-state index contributed by atoms with van der Waals surface area (Å²) in [7, 11) is 0. The van der Waals surface area contributed by atoms with Gasteiger partial charge < -0.3 is 15.7 Å². The predicted octanol–water partition coefficient (Wildman–Crippen LogP) is 0.976. The van der Waals surface area contributed by atoms with Crippen LogP contribution in [0.1, 0.15) is 12.0 Å². The van der Waals surface area contributed by atoms with Crippen LogP contribution in [0.5, 0.6) is 0 Å². The Morgan fingerprint density at radius 3 is 2.89 bits per heavy atom. The number of carboxylic acids is 1. The highest BCUT2D eigenvalue weighted by molar-refractivity contribution is 6.00. The maximum absolute atomic E-state index is 11.2. The van der Waals surface area contributed by atoms with Crippen molar-refractivity contribution in [2.45, 2.75) is 12.8 Å². The van der Waals surface area contributed by atoms with E-state index in [9.17, 15) is 19.7 Å². The number of nitrogens with one attached hydrogen (secondary N) is 2. The summed E-state index contributed by atoms with van der Waals surface area (Å²) in [6.45, 7) is 0.0723. The summed E-state index contributed by atoms with van der Waals surface area (Å²) < 4.78 is 0. The molecule has 1 aliphatic rings. The van der Waals surface area contributed by atoms with Crippen molar-refractivity contribution in [1.29, 1.82) is 0 Å². The number of rotatable bonds is 5. The number of nitro groups is 1. The molecule has 3 N–H and O–H groups in total. The van der Waals surface area contributed by atoms with E-state index in [1.54, 1.807) is 0 Å². The second kappa shape index (κ2) is 4.92. The van der Waals surface area contributed by atoms with Crippen molar-refractivity contribution in [2.75, 3.05) is 17.2 Å². The average Bonchev–Trinajstić information content (AvgIpc) is 2.66. The molecule has 19 heavy (non-hydrogen) atoms. The first-order valence-electron chi connectivity index (χ1n) is 5.54. The lowest BCUT2D eigenvalue weighted by Gasteiger charge is -2.08. The highest BCUT2D eigenvalue weighted by Crippen LogP contribution is 2.34. The minimum absolute atomic E-state index is 0.0723. The van der Waals surface area contributed by atoms with Crippen LogP contribution < -0.4 is 10.6 Å². The molecular weight excluding hydrogens is 254 g/mol. The number of carbonyl (C=O) groups excluding carboxylic acids is 1. The maximum atomic E-state index is 11.2. The number of benzene rings is 1. The Balaban J connectivity index is 2.26. The summed E-state index contributed by atoms with van der Waals surface area (Å²) in [5.41, 5.74) is 1.13. The van der Waals surface area contributed by atoms with Crippen LogP contribution in [0.15, 0.2) is 12.1 Å². The average molecular weight is 265 g/mol. The molecule has 100 valence electrons. The molecule has 0 aromatic heterocycles. The largest absolute Gasteiger partial charge is 0.481 e. The van der Waals surface area contributed by atoms with Gasteiger partial charge in [-0.2, -0.15) is 0 Å². The fourth-order valence-electron chi connectivity index (χ4n) is 1.86. The number of fused-ring (bicyclic) bond motifs is 1. The van der Waals surface area contributed by atoms with Crippen LogP contribution in [0, 0.1) is 10.1 Å². The number of nitro benzene ring substituents is 1. The molecule has 0 atom stereocenters. The molecule has 0 saturated heterocycles. The summed E-state index contributed by atoms with van der Waals surface area (Å²) in [5, 5.41) is 24.8. The van der Waals surface area contributed by atoms with Gasteiger partial charge in [0.05, 0.1) is 17.8 Å². The zero-order valence-corrected chi connectivity index (χ0v) is 9.80. The molecule has 0 radical (unpaired) electrons. The number of carbonyl (C=O) groups is 2. The SMILES string of the molecule is O=C(O)CCNc1cc2c(cc1[N+](=O)[O-])CC(=O)N2. The van der Waals surface area contributed by atoms with Crippen LogP contribution in [0.25, 0.3) is 0 Å². The van der Waals surface area contributed by atoms with Crippen LogP contribution in [-0.4, -0.2) is 28.5 Å². The smallest absolute Gasteiger partial charge is 0.305 e. The van der Waals surface area contributed by atoms with Crippen LogP contribution in [0.2, 0.25) is 0 Å². The topological polar surface area (TPSA) is 122 Å². The molecule has 0 spiro atoms. The van der Waals surface area contributed by atoms with Gasteiger partial charge in [-0.25, -0.2) is 0 Å². The van der Waals surface area contributed by atoms with E-state index in [0.717, 1.165) is 0 Å². The molecule has 8 heteroatoms. The fourth-order valence-corrected chi connectivity index (χ4v) is 1.86. The molecule has 1 aromatic rings. The van der Waals surface area contributed by atoms with Crippen molar-refractivity contribution in [2.24, 2.45) is 0 Å². The zero-order valence-electron chi connectivity index (χ0n) is 9.80. The van der Waals surface area contributed by atoms with Gasteiger partial charge in [0, 0.05) is 18.3 Å². The predicted molar refractivity (Wildman–Crippen MR) is 66.2 cm³/mol. The van der Waals surface area contributed by atoms with Gasteiger partial charge in [-0.3, -0.25) is 19.7 Å². The molecule has 1 aromatic carbocycles. The van der Waals surface area contributed by atoms with Gasteiger partial charge >= 0.3 is 5.97 Å². The van der Waals surface area contributed by atoms with Crippen LogP contribution >= 0.6 is 0 Å². The Hall–Kier alpha value is -2.64. The van der Waals surface area contributed by atoms with Gasteiger partial charge in [-0.05, 0) is 11.6 Å². The first-order chi connectivity index (χ1) is 8.97. The quantitative estimate of drug-likeness (QED) is 0.538. The van der Waals surface area contributed by atoms with Crippen LogP contribution in [-0.2, 0) is 16.0 Å². The van der Waals surface area contributed by atoms with Gasteiger partial charge in [0.1, 0.15) is 5.69 Å². The third-order valence-electron chi connectivity index (χ3n) is 2.70. The number of carboxylic acid groups (broad SMARTS) is 1. The standard InChI is InChI=1S/C11H11N3O5/c15-10-4-6-3-9(14(18)19)8(5-7(6)13-10)12-2-1-11(16)17/h3,5,12H,1-2,4H2,(H,13,15)(H,16,17). The molecule has 0 fully saturated rings. The number of anilines is 2. The number of hydrogen-bond donors (Lipinski definition) is 3. The molecule has 0 aliphatic carbocycles. The van der Waals surface area contributed by atoms with Crippen molar-refractivity contribution in [3.8, 4) is 0 Å². The second-order valence-corrected chi connectivity index (χ2v) is 4.08. The number of amides is 1. The maximum Gasteiger partial charge on any atom is 0.305 e. The van der Waals surface area contributed by atoms with E-state index >= 15 is 0 Å². The van der Waals surface area contributed by atoms with E-state index in [1.807, 2.05) is 0 Å². The monoisotopic (exact) mass is 265 g/mol. The summed E-state index contributed by atoms with van der Waals surface area (Å²) in [4.78, 5) is 32.0. The first-order valence-corrected chi connectivity index (χ1v) is 5.54. The van der Waals surface area contributed by atoms with Gasteiger partial charge in [0.25, 0.3) is 5.69 Å². The molecule has 0 bridgehead atoms. The van der Waals surface area contributed by atoms with E-state index in [2.05, 4.69) is 10.6 Å². The van der Waals surface area contributed by atoms with Gasteiger partial charge in [-0.15, -0.1) is 0 Å². The third-order valence-corrected chi connectivity index (χ3v) is 2.70. The van der Waals surface area contributed by atoms with Crippen LogP contribution in [0.3, 0.4) is 0 Å². The zero-order chi connectivity index (χ0) is 14.0. The first kappa shape index (κ1) is 12.8. The fraction of sp³-hybridized carbons (Fsp3) is 0.273. The highest BCUT2D eigenvalue weighted by Gasteiger charge is 2.24. The Morgan fingerprint density at radius 2 is 2.26 bits per heavy atom. The third kappa shape index (κ3) is 2.79. The molecule has 1 heterocycles. The van der Waals surface area contributed by atoms with E-state index in [1.165, 1.54) is 12.1 Å². The number of nitrogens with zero attached hydrogens (tertiary/aromatic N) is 1.